The van der Waals surface area contributed by atoms with Crippen LogP contribution in [0.15, 0.2) is 36.4 Å². The average Bonchev–Trinajstić information content (AvgIpc) is 3.06. The van der Waals surface area contributed by atoms with E-state index in [1.807, 2.05) is 19.1 Å². The van der Waals surface area contributed by atoms with Gasteiger partial charge >= 0.3 is 6.09 Å². The van der Waals surface area contributed by atoms with Gasteiger partial charge in [0.25, 0.3) is 5.91 Å². The number of anilines is 2. The Bertz CT molecular complexity index is 817. The van der Waals surface area contributed by atoms with Crippen molar-refractivity contribution in [1.29, 1.82) is 0 Å². The molecular formula is C19H20N2O4. The standard InChI is InChI=1S/C19H20N2O4/c1-3-24-19(23)21-16-6-4-5-15(12(16)2)20-18(22)14-7-8-17-13(11-14)9-10-25-17/h4-8,11H,3,9-10H2,1-2H3,(H,20,22)(H,21,23). The summed E-state index contributed by atoms with van der Waals surface area (Å²) in [6.07, 6.45) is 0.293. The molecule has 3 rings (SSSR count). The maximum atomic E-state index is 12.5. The van der Waals surface area contributed by atoms with Gasteiger partial charge in [-0.1, -0.05) is 6.07 Å². The van der Waals surface area contributed by atoms with Crippen molar-refractivity contribution >= 4 is 23.4 Å². The Labute approximate surface area is 146 Å². The molecule has 2 N–H and O–H groups in total. The minimum Gasteiger partial charge on any atom is -0.493 e. The van der Waals surface area contributed by atoms with E-state index in [0.29, 0.717) is 30.2 Å². The first-order chi connectivity index (χ1) is 12.1. The highest BCUT2D eigenvalue weighted by Crippen LogP contribution is 2.27. The van der Waals surface area contributed by atoms with Crippen LogP contribution in [0.25, 0.3) is 0 Å². The highest BCUT2D eigenvalue weighted by molar-refractivity contribution is 6.05. The first-order valence-corrected chi connectivity index (χ1v) is 8.19. The van der Waals surface area contributed by atoms with Crippen molar-refractivity contribution in [2.45, 2.75) is 20.3 Å². The lowest BCUT2D eigenvalue weighted by Gasteiger charge is -2.13. The molecule has 0 aliphatic carbocycles. The Kier molecular flexibility index (Phi) is 4.88. The number of rotatable bonds is 4. The molecule has 6 nitrogen and oxygen atoms in total. The highest BCUT2D eigenvalue weighted by Gasteiger charge is 2.16. The van der Waals surface area contributed by atoms with Gasteiger partial charge in [-0.15, -0.1) is 0 Å². The van der Waals surface area contributed by atoms with Crippen molar-refractivity contribution in [2.24, 2.45) is 0 Å². The Morgan fingerprint density at radius 2 is 1.92 bits per heavy atom. The van der Waals surface area contributed by atoms with Gasteiger partial charge in [0.1, 0.15) is 5.75 Å². The fourth-order valence-electron chi connectivity index (χ4n) is 2.71. The second-order valence-corrected chi connectivity index (χ2v) is 5.70. The molecule has 0 unspecified atom stereocenters. The van der Waals surface area contributed by atoms with Crippen LogP contribution >= 0.6 is 0 Å². The zero-order valence-electron chi connectivity index (χ0n) is 14.2. The zero-order chi connectivity index (χ0) is 17.8. The molecule has 2 amide bonds. The number of nitrogens with one attached hydrogen (secondary N) is 2. The number of amides is 2. The van der Waals surface area contributed by atoms with Gasteiger partial charge in [0, 0.05) is 23.4 Å². The van der Waals surface area contributed by atoms with Crippen LogP contribution in [0.5, 0.6) is 5.75 Å². The van der Waals surface area contributed by atoms with E-state index in [1.54, 1.807) is 31.2 Å². The van der Waals surface area contributed by atoms with E-state index >= 15 is 0 Å². The number of ether oxygens (including phenoxy) is 2. The van der Waals surface area contributed by atoms with Crippen molar-refractivity contribution in [2.75, 3.05) is 23.8 Å². The summed E-state index contributed by atoms with van der Waals surface area (Å²) in [4.78, 5) is 24.1. The molecular weight excluding hydrogens is 320 g/mol. The average molecular weight is 340 g/mol. The third-order valence-electron chi connectivity index (χ3n) is 4.05. The van der Waals surface area contributed by atoms with Crippen LogP contribution in [0.4, 0.5) is 16.2 Å². The van der Waals surface area contributed by atoms with Gasteiger partial charge < -0.3 is 14.8 Å². The lowest BCUT2D eigenvalue weighted by Crippen LogP contribution is -2.16. The maximum Gasteiger partial charge on any atom is 0.411 e. The van der Waals surface area contributed by atoms with Gasteiger partial charge in [-0.05, 0) is 55.3 Å². The normalized spacial score (nSPS) is 12.1. The largest absolute Gasteiger partial charge is 0.493 e. The van der Waals surface area contributed by atoms with Gasteiger partial charge in [-0.3, -0.25) is 10.1 Å². The fraction of sp³-hybridized carbons (Fsp3) is 0.263. The van der Waals surface area contributed by atoms with Crippen molar-refractivity contribution < 1.29 is 19.1 Å². The molecule has 1 aliphatic rings. The maximum absolute atomic E-state index is 12.5. The van der Waals surface area contributed by atoms with Crippen LogP contribution in [0.3, 0.4) is 0 Å². The van der Waals surface area contributed by atoms with Gasteiger partial charge in [0.05, 0.1) is 13.2 Å². The molecule has 25 heavy (non-hydrogen) atoms. The number of carbonyl (C=O) groups excluding carboxylic acids is 2. The molecule has 130 valence electrons. The number of hydrogen-bond acceptors (Lipinski definition) is 4. The molecule has 2 aromatic carbocycles. The summed E-state index contributed by atoms with van der Waals surface area (Å²) in [5, 5.41) is 5.56. The Balaban J connectivity index is 1.76. The molecule has 0 fully saturated rings. The molecule has 6 heteroatoms. The van der Waals surface area contributed by atoms with Crippen molar-refractivity contribution in [1.82, 2.24) is 0 Å². The van der Waals surface area contributed by atoms with E-state index in [0.717, 1.165) is 23.3 Å². The summed E-state index contributed by atoms with van der Waals surface area (Å²) in [5.74, 6) is 0.638. The van der Waals surface area contributed by atoms with Crippen LogP contribution in [-0.4, -0.2) is 25.2 Å². The number of fused-ring (bicyclic) bond motifs is 1. The molecule has 0 bridgehead atoms. The molecule has 2 aromatic rings. The summed E-state index contributed by atoms with van der Waals surface area (Å²) >= 11 is 0. The molecule has 1 heterocycles. The fourth-order valence-corrected chi connectivity index (χ4v) is 2.71. The first-order valence-electron chi connectivity index (χ1n) is 8.19. The predicted octanol–water partition coefficient (Wildman–Crippen LogP) is 3.75. The third-order valence-corrected chi connectivity index (χ3v) is 4.05. The molecule has 0 aromatic heterocycles. The number of hydrogen-bond donors (Lipinski definition) is 2. The van der Waals surface area contributed by atoms with E-state index < -0.39 is 6.09 Å². The van der Waals surface area contributed by atoms with Crippen LogP contribution < -0.4 is 15.4 Å². The second kappa shape index (κ2) is 7.25. The van der Waals surface area contributed by atoms with Crippen LogP contribution in [-0.2, 0) is 11.2 Å². The van der Waals surface area contributed by atoms with Gasteiger partial charge in [-0.25, -0.2) is 4.79 Å². The van der Waals surface area contributed by atoms with Crippen molar-refractivity contribution in [3.8, 4) is 5.75 Å². The minimum absolute atomic E-state index is 0.203. The molecule has 1 aliphatic heterocycles. The monoisotopic (exact) mass is 340 g/mol. The lowest BCUT2D eigenvalue weighted by molar-refractivity contribution is 0.102. The highest BCUT2D eigenvalue weighted by atomic mass is 16.5. The van der Waals surface area contributed by atoms with Gasteiger partial charge in [-0.2, -0.15) is 0 Å². The van der Waals surface area contributed by atoms with E-state index in [1.165, 1.54) is 0 Å². The second-order valence-electron chi connectivity index (χ2n) is 5.70. The molecule has 0 radical (unpaired) electrons. The Morgan fingerprint density at radius 3 is 2.68 bits per heavy atom. The lowest BCUT2D eigenvalue weighted by atomic mass is 10.1. The van der Waals surface area contributed by atoms with E-state index in [-0.39, 0.29) is 5.91 Å². The summed E-state index contributed by atoms with van der Waals surface area (Å²) in [5.41, 5.74) is 3.61. The number of carbonyl (C=O) groups is 2. The molecule has 0 atom stereocenters. The number of benzene rings is 2. The summed E-state index contributed by atoms with van der Waals surface area (Å²) in [6.45, 7) is 4.52. The summed E-state index contributed by atoms with van der Waals surface area (Å²) in [6, 6.07) is 10.7. The molecule has 0 saturated heterocycles. The third kappa shape index (κ3) is 3.74. The molecule has 0 spiro atoms. The smallest absolute Gasteiger partial charge is 0.411 e. The predicted molar refractivity (Wildman–Crippen MR) is 95.4 cm³/mol. The summed E-state index contributed by atoms with van der Waals surface area (Å²) < 4.78 is 10.3. The van der Waals surface area contributed by atoms with Crippen molar-refractivity contribution in [3.05, 3.63) is 53.1 Å². The van der Waals surface area contributed by atoms with Crippen LogP contribution in [0, 0.1) is 6.92 Å². The first kappa shape index (κ1) is 16.8. The van der Waals surface area contributed by atoms with E-state index in [9.17, 15) is 9.59 Å². The van der Waals surface area contributed by atoms with E-state index in [4.69, 9.17) is 9.47 Å². The van der Waals surface area contributed by atoms with Crippen LogP contribution in [0.2, 0.25) is 0 Å². The quantitative estimate of drug-likeness (QED) is 0.889. The van der Waals surface area contributed by atoms with Crippen molar-refractivity contribution in [3.63, 3.8) is 0 Å². The zero-order valence-corrected chi connectivity index (χ0v) is 14.2. The van der Waals surface area contributed by atoms with E-state index in [2.05, 4.69) is 10.6 Å². The Hall–Kier alpha value is -3.02. The SMILES string of the molecule is CCOC(=O)Nc1cccc(NC(=O)c2ccc3c(c2)CCO3)c1C. The topological polar surface area (TPSA) is 76.7 Å². The van der Waals surface area contributed by atoms with Gasteiger partial charge in [0.2, 0.25) is 0 Å². The Morgan fingerprint density at radius 1 is 1.16 bits per heavy atom. The van der Waals surface area contributed by atoms with Gasteiger partial charge in [0.15, 0.2) is 0 Å². The van der Waals surface area contributed by atoms with Crippen LogP contribution in [0.1, 0.15) is 28.4 Å². The minimum atomic E-state index is -0.521. The molecule has 0 saturated carbocycles. The summed E-state index contributed by atoms with van der Waals surface area (Å²) in [7, 11) is 0.